The maximum absolute atomic E-state index is 12.5. The van der Waals surface area contributed by atoms with Gasteiger partial charge in [0.1, 0.15) is 0 Å². The lowest BCUT2D eigenvalue weighted by Gasteiger charge is -2.36. The van der Waals surface area contributed by atoms with Gasteiger partial charge in [-0.05, 0) is 48.8 Å². The van der Waals surface area contributed by atoms with Crippen molar-refractivity contribution in [3.8, 4) is 0 Å². The van der Waals surface area contributed by atoms with Gasteiger partial charge in [0.2, 0.25) is 0 Å². The molecule has 1 aliphatic carbocycles. The molecule has 0 saturated heterocycles. The highest BCUT2D eigenvalue weighted by atomic mass is 16.1. The molecule has 1 rings (SSSR count). The standard InChI is InChI=1S/C17H26O/c1-8-13-10-15(18)16(12(5)14(13)9-2)17(6,7)11(3)4/h8-9,11H,10H2,1-7H3/b13-8-,14-9-. The molecule has 0 aromatic rings. The summed E-state index contributed by atoms with van der Waals surface area (Å²) >= 11 is 0. The minimum Gasteiger partial charge on any atom is -0.294 e. The molecule has 0 spiro atoms. The Hall–Kier alpha value is -1.11. The van der Waals surface area contributed by atoms with Crippen LogP contribution in [0.3, 0.4) is 0 Å². The van der Waals surface area contributed by atoms with Crippen LogP contribution >= 0.6 is 0 Å². The predicted octanol–water partition coefficient (Wildman–Crippen LogP) is 4.85. The first-order valence-electron chi connectivity index (χ1n) is 6.84. The second kappa shape index (κ2) is 5.26. The van der Waals surface area contributed by atoms with Crippen molar-refractivity contribution in [2.75, 3.05) is 0 Å². The lowest BCUT2D eigenvalue weighted by molar-refractivity contribution is -0.116. The molecule has 0 fully saturated rings. The highest BCUT2D eigenvalue weighted by Gasteiger charge is 2.36. The monoisotopic (exact) mass is 246 g/mol. The van der Waals surface area contributed by atoms with Crippen molar-refractivity contribution in [1.29, 1.82) is 0 Å². The second-order valence-corrected chi connectivity index (χ2v) is 5.99. The van der Waals surface area contributed by atoms with Crippen LogP contribution in [0.1, 0.15) is 54.9 Å². The number of hydrogen-bond donors (Lipinski definition) is 0. The number of Topliss-reactive ketones (excluding diaryl/α,β-unsaturated/α-hetero) is 1. The molecule has 0 bridgehead atoms. The van der Waals surface area contributed by atoms with Crippen molar-refractivity contribution in [2.24, 2.45) is 11.3 Å². The van der Waals surface area contributed by atoms with E-state index in [1.807, 2.05) is 6.92 Å². The zero-order valence-electron chi connectivity index (χ0n) is 12.8. The summed E-state index contributed by atoms with van der Waals surface area (Å²) in [4.78, 5) is 12.5. The molecule has 0 aliphatic heterocycles. The van der Waals surface area contributed by atoms with Gasteiger partial charge in [-0.1, -0.05) is 39.8 Å². The van der Waals surface area contributed by atoms with Crippen LogP contribution in [0.15, 0.2) is 34.4 Å². The first-order chi connectivity index (χ1) is 8.27. The van der Waals surface area contributed by atoms with Gasteiger partial charge in [0.25, 0.3) is 0 Å². The van der Waals surface area contributed by atoms with Gasteiger partial charge in [-0.25, -0.2) is 0 Å². The summed E-state index contributed by atoms with van der Waals surface area (Å²) < 4.78 is 0. The molecule has 0 atom stereocenters. The van der Waals surface area contributed by atoms with E-state index >= 15 is 0 Å². The fourth-order valence-electron chi connectivity index (χ4n) is 2.73. The Kier molecular flexibility index (Phi) is 4.37. The number of rotatable bonds is 2. The molecule has 1 nitrogen and oxygen atoms in total. The highest BCUT2D eigenvalue weighted by molar-refractivity contribution is 6.02. The maximum atomic E-state index is 12.5. The molecule has 0 heterocycles. The molecule has 1 heteroatoms. The molecule has 0 unspecified atom stereocenters. The molecule has 0 saturated carbocycles. The van der Waals surface area contributed by atoms with Crippen molar-refractivity contribution in [3.63, 3.8) is 0 Å². The number of carbonyl (C=O) groups excluding carboxylic acids is 1. The molecule has 0 aromatic carbocycles. The van der Waals surface area contributed by atoms with Crippen LogP contribution in [0.2, 0.25) is 0 Å². The number of allylic oxidation sites excluding steroid dienone is 6. The summed E-state index contributed by atoms with van der Waals surface area (Å²) in [6.07, 6.45) is 4.75. The van der Waals surface area contributed by atoms with E-state index in [1.165, 1.54) is 16.7 Å². The summed E-state index contributed by atoms with van der Waals surface area (Å²) in [5.41, 5.74) is 4.55. The van der Waals surface area contributed by atoms with E-state index in [-0.39, 0.29) is 5.41 Å². The lowest BCUT2D eigenvalue weighted by atomic mass is 9.67. The van der Waals surface area contributed by atoms with Gasteiger partial charge >= 0.3 is 0 Å². The molecular formula is C17H26O. The topological polar surface area (TPSA) is 17.1 Å². The van der Waals surface area contributed by atoms with Gasteiger partial charge in [-0.3, -0.25) is 4.79 Å². The van der Waals surface area contributed by atoms with Gasteiger partial charge in [0.15, 0.2) is 5.78 Å². The number of ketones is 1. The quantitative estimate of drug-likeness (QED) is 0.680. The third kappa shape index (κ3) is 2.36. The Bertz CT molecular complexity index is 442. The van der Waals surface area contributed by atoms with Gasteiger partial charge in [0, 0.05) is 12.0 Å². The Morgan fingerprint density at radius 2 is 1.72 bits per heavy atom. The fraction of sp³-hybridized carbons (Fsp3) is 0.588. The molecule has 100 valence electrons. The minimum absolute atomic E-state index is 0.0608. The number of carbonyl (C=O) groups is 1. The smallest absolute Gasteiger partial charge is 0.164 e. The predicted molar refractivity (Wildman–Crippen MR) is 78.5 cm³/mol. The average molecular weight is 246 g/mol. The average Bonchev–Trinajstić information content (AvgIpc) is 2.27. The molecular weight excluding hydrogens is 220 g/mol. The summed E-state index contributed by atoms with van der Waals surface area (Å²) in [7, 11) is 0. The van der Waals surface area contributed by atoms with Crippen molar-refractivity contribution in [3.05, 3.63) is 34.4 Å². The SMILES string of the molecule is C/C=C1/CC(=O)C(C(C)(C)C(C)C)=C(C)/C1=C/C. The molecule has 0 N–H and O–H groups in total. The van der Waals surface area contributed by atoms with Crippen LogP contribution < -0.4 is 0 Å². The molecule has 0 amide bonds. The van der Waals surface area contributed by atoms with Crippen LogP contribution in [0.25, 0.3) is 0 Å². The van der Waals surface area contributed by atoms with E-state index in [2.05, 4.69) is 53.7 Å². The van der Waals surface area contributed by atoms with E-state index in [9.17, 15) is 4.79 Å². The Labute approximate surface area is 112 Å². The van der Waals surface area contributed by atoms with E-state index in [0.29, 0.717) is 18.1 Å². The zero-order valence-corrected chi connectivity index (χ0v) is 12.8. The number of hydrogen-bond acceptors (Lipinski definition) is 1. The van der Waals surface area contributed by atoms with Crippen LogP contribution in [-0.2, 0) is 4.79 Å². The van der Waals surface area contributed by atoms with Gasteiger partial charge in [-0.15, -0.1) is 0 Å². The van der Waals surface area contributed by atoms with Crippen LogP contribution in [0, 0.1) is 11.3 Å². The van der Waals surface area contributed by atoms with Gasteiger partial charge in [-0.2, -0.15) is 0 Å². The Balaban J connectivity index is 3.47. The van der Waals surface area contributed by atoms with E-state index in [4.69, 9.17) is 0 Å². The van der Waals surface area contributed by atoms with Crippen LogP contribution in [0.4, 0.5) is 0 Å². The van der Waals surface area contributed by atoms with Gasteiger partial charge < -0.3 is 0 Å². The fourth-order valence-corrected chi connectivity index (χ4v) is 2.73. The van der Waals surface area contributed by atoms with E-state index < -0.39 is 0 Å². The summed E-state index contributed by atoms with van der Waals surface area (Å²) in [6.45, 7) is 14.9. The van der Waals surface area contributed by atoms with Gasteiger partial charge in [0.05, 0.1) is 0 Å². The second-order valence-electron chi connectivity index (χ2n) is 5.99. The molecule has 0 radical (unpaired) electrons. The van der Waals surface area contributed by atoms with Crippen molar-refractivity contribution in [1.82, 2.24) is 0 Å². The molecule has 18 heavy (non-hydrogen) atoms. The summed E-state index contributed by atoms with van der Waals surface area (Å²) in [6, 6.07) is 0. The normalized spacial score (nSPS) is 22.6. The highest BCUT2D eigenvalue weighted by Crippen LogP contribution is 2.43. The van der Waals surface area contributed by atoms with Crippen molar-refractivity contribution in [2.45, 2.75) is 54.9 Å². The van der Waals surface area contributed by atoms with Crippen molar-refractivity contribution < 1.29 is 4.79 Å². The third-order valence-electron chi connectivity index (χ3n) is 4.48. The van der Waals surface area contributed by atoms with E-state index in [1.54, 1.807) is 0 Å². The summed E-state index contributed by atoms with van der Waals surface area (Å²) in [5, 5.41) is 0. The lowest BCUT2D eigenvalue weighted by Crippen LogP contribution is -2.31. The molecule has 0 aromatic heterocycles. The van der Waals surface area contributed by atoms with E-state index in [0.717, 1.165) is 5.57 Å². The van der Waals surface area contributed by atoms with Crippen LogP contribution in [-0.4, -0.2) is 5.78 Å². The third-order valence-corrected chi connectivity index (χ3v) is 4.48. The first kappa shape index (κ1) is 14.9. The zero-order chi connectivity index (χ0) is 14.1. The Morgan fingerprint density at radius 1 is 1.17 bits per heavy atom. The van der Waals surface area contributed by atoms with Crippen molar-refractivity contribution >= 4 is 5.78 Å². The Morgan fingerprint density at radius 3 is 2.11 bits per heavy atom. The molecule has 1 aliphatic rings. The van der Waals surface area contributed by atoms with Crippen LogP contribution in [0.5, 0.6) is 0 Å². The maximum Gasteiger partial charge on any atom is 0.164 e. The minimum atomic E-state index is -0.0608. The summed E-state index contributed by atoms with van der Waals surface area (Å²) in [5.74, 6) is 0.751. The first-order valence-corrected chi connectivity index (χ1v) is 6.84. The largest absolute Gasteiger partial charge is 0.294 e.